The minimum Gasteiger partial charge on any atom is -0.468 e. The van der Waals surface area contributed by atoms with Crippen LogP contribution in [0.25, 0.3) is 0 Å². The largest absolute Gasteiger partial charge is 0.468 e. The molecule has 0 bridgehead atoms. The number of rotatable bonds is 7. The number of nitrogens with zero attached hydrogens (tertiary/aromatic N) is 2. The molecular weight excluding hydrogens is 405 g/mol. The van der Waals surface area contributed by atoms with E-state index < -0.39 is 0 Å². The van der Waals surface area contributed by atoms with Crippen molar-refractivity contribution in [3.8, 4) is 6.07 Å². The lowest BCUT2D eigenvalue weighted by molar-refractivity contribution is -0.117. The summed E-state index contributed by atoms with van der Waals surface area (Å²) in [5.41, 5.74) is 1.84. The third-order valence-electron chi connectivity index (χ3n) is 3.33. The number of carbonyl (C=O) groups excluding carboxylic acids is 1. The van der Waals surface area contributed by atoms with Crippen molar-refractivity contribution in [3.05, 3.63) is 51.5 Å². The molecular formula is C17H18IN3O2. The number of aryl methyl sites for hydroxylation is 1. The van der Waals surface area contributed by atoms with Crippen LogP contribution in [0.3, 0.4) is 0 Å². The van der Waals surface area contributed by atoms with Gasteiger partial charge in [-0.3, -0.25) is 9.69 Å². The summed E-state index contributed by atoms with van der Waals surface area (Å²) in [7, 11) is 0. The van der Waals surface area contributed by atoms with Crippen LogP contribution in [0.2, 0.25) is 0 Å². The van der Waals surface area contributed by atoms with Crippen molar-refractivity contribution in [1.29, 1.82) is 5.26 Å². The first-order valence-corrected chi connectivity index (χ1v) is 8.34. The highest BCUT2D eigenvalue weighted by Gasteiger charge is 2.13. The lowest BCUT2D eigenvalue weighted by atomic mass is 10.2. The molecule has 0 radical (unpaired) electrons. The van der Waals surface area contributed by atoms with E-state index in [1.54, 1.807) is 6.26 Å². The maximum absolute atomic E-state index is 12.3. The minimum atomic E-state index is -0.0983. The van der Waals surface area contributed by atoms with Crippen LogP contribution in [0.4, 0.5) is 5.69 Å². The lowest BCUT2D eigenvalue weighted by Gasteiger charge is -2.19. The van der Waals surface area contributed by atoms with Gasteiger partial charge in [0.25, 0.3) is 0 Å². The average Bonchev–Trinajstić information content (AvgIpc) is 3.00. The van der Waals surface area contributed by atoms with Crippen molar-refractivity contribution in [2.45, 2.75) is 19.9 Å². The van der Waals surface area contributed by atoms with E-state index in [-0.39, 0.29) is 12.5 Å². The van der Waals surface area contributed by atoms with Crippen molar-refractivity contribution in [2.75, 3.05) is 18.4 Å². The molecule has 0 aliphatic carbocycles. The number of benzene rings is 1. The fourth-order valence-corrected chi connectivity index (χ4v) is 2.85. The summed E-state index contributed by atoms with van der Waals surface area (Å²) in [4.78, 5) is 14.2. The second kappa shape index (κ2) is 8.70. The van der Waals surface area contributed by atoms with Gasteiger partial charge in [-0.05, 0) is 65.4 Å². The second-order valence-electron chi connectivity index (χ2n) is 5.21. The maximum Gasteiger partial charge on any atom is 0.238 e. The smallest absolute Gasteiger partial charge is 0.238 e. The molecule has 1 amide bonds. The molecule has 1 aromatic carbocycles. The van der Waals surface area contributed by atoms with Crippen molar-refractivity contribution in [3.63, 3.8) is 0 Å². The Morgan fingerprint density at radius 3 is 2.91 bits per heavy atom. The highest BCUT2D eigenvalue weighted by atomic mass is 127. The number of halogens is 1. The summed E-state index contributed by atoms with van der Waals surface area (Å²) in [6.07, 6.45) is 1.98. The molecule has 0 saturated heterocycles. The van der Waals surface area contributed by atoms with Crippen LogP contribution in [0.15, 0.2) is 41.0 Å². The summed E-state index contributed by atoms with van der Waals surface area (Å²) in [5, 5.41) is 11.7. The van der Waals surface area contributed by atoms with Gasteiger partial charge in [0.05, 0.1) is 25.4 Å². The molecule has 1 heterocycles. The molecule has 0 aliphatic rings. The van der Waals surface area contributed by atoms with Gasteiger partial charge in [0.15, 0.2) is 0 Å². The molecule has 1 N–H and O–H groups in total. The Bertz CT molecular complexity index is 692. The van der Waals surface area contributed by atoms with Gasteiger partial charge in [0.1, 0.15) is 5.76 Å². The molecule has 120 valence electrons. The molecule has 2 aromatic rings. The molecule has 23 heavy (non-hydrogen) atoms. The van der Waals surface area contributed by atoms with Crippen LogP contribution in [0.1, 0.15) is 17.7 Å². The van der Waals surface area contributed by atoms with Gasteiger partial charge in [0, 0.05) is 22.2 Å². The van der Waals surface area contributed by atoms with Crippen molar-refractivity contribution in [2.24, 2.45) is 0 Å². The van der Waals surface area contributed by atoms with Crippen molar-refractivity contribution < 1.29 is 9.21 Å². The Morgan fingerprint density at radius 1 is 1.43 bits per heavy atom. The van der Waals surface area contributed by atoms with E-state index >= 15 is 0 Å². The average molecular weight is 423 g/mol. The molecule has 0 spiro atoms. The van der Waals surface area contributed by atoms with E-state index in [0.29, 0.717) is 19.5 Å². The van der Waals surface area contributed by atoms with Crippen LogP contribution in [0, 0.1) is 21.8 Å². The van der Waals surface area contributed by atoms with Gasteiger partial charge in [-0.25, -0.2) is 0 Å². The van der Waals surface area contributed by atoms with E-state index in [0.717, 1.165) is 20.6 Å². The van der Waals surface area contributed by atoms with Crippen LogP contribution in [0.5, 0.6) is 0 Å². The van der Waals surface area contributed by atoms with Gasteiger partial charge in [0.2, 0.25) is 5.91 Å². The summed E-state index contributed by atoms with van der Waals surface area (Å²) >= 11 is 2.24. The minimum absolute atomic E-state index is 0.0983. The number of anilines is 1. The quantitative estimate of drug-likeness (QED) is 0.692. The van der Waals surface area contributed by atoms with E-state index in [1.807, 2.05) is 42.2 Å². The van der Waals surface area contributed by atoms with Gasteiger partial charge >= 0.3 is 0 Å². The van der Waals surface area contributed by atoms with Crippen molar-refractivity contribution >= 4 is 34.2 Å². The first-order chi connectivity index (χ1) is 11.1. The standard InChI is InChI=1S/C17H18IN3O2/c1-13-10-14(18)5-6-16(13)20-17(22)12-21(8-3-7-19)11-15-4-2-9-23-15/h2,4-6,9-10H,3,8,11-12H2,1H3,(H,20,22). The van der Waals surface area contributed by atoms with Gasteiger partial charge in [-0.1, -0.05) is 0 Å². The SMILES string of the molecule is Cc1cc(I)ccc1NC(=O)CN(CCC#N)Cc1ccco1. The predicted molar refractivity (Wildman–Crippen MR) is 96.7 cm³/mol. The van der Waals surface area contributed by atoms with Crippen LogP contribution < -0.4 is 5.32 Å². The number of hydrogen-bond acceptors (Lipinski definition) is 4. The number of hydrogen-bond donors (Lipinski definition) is 1. The normalized spacial score (nSPS) is 10.5. The van der Waals surface area contributed by atoms with Gasteiger partial charge in [-0.15, -0.1) is 0 Å². The Hall–Kier alpha value is -1.85. The predicted octanol–water partition coefficient (Wildman–Crippen LogP) is 3.55. The van der Waals surface area contributed by atoms with E-state index in [1.165, 1.54) is 0 Å². The molecule has 0 aliphatic heterocycles. The Labute approximate surface area is 149 Å². The third-order valence-corrected chi connectivity index (χ3v) is 4.00. The Balaban J connectivity index is 1.97. The zero-order valence-electron chi connectivity index (χ0n) is 12.9. The van der Waals surface area contributed by atoms with Crippen molar-refractivity contribution in [1.82, 2.24) is 4.90 Å². The molecule has 2 rings (SSSR count). The lowest BCUT2D eigenvalue weighted by Crippen LogP contribution is -2.33. The molecule has 0 fully saturated rings. The molecule has 0 atom stereocenters. The number of furan rings is 1. The summed E-state index contributed by atoms with van der Waals surface area (Å²) in [6.45, 7) is 3.21. The molecule has 6 heteroatoms. The zero-order chi connectivity index (χ0) is 16.7. The highest BCUT2D eigenvalue weighted by molar-refractivity contribution is 14.1. The molecule has 5 nitrogen and oxygen atoms in total. The molecule has 1 aromatic heterocycles. The van der Waals surface area contributed by atoms with Gasteiger partial charge < -0.3 is 9.73 Å². The number of carbonyl (C=O) groups is 1. The van der Waals surface area contributed by atoms with E-state index in [4.69, 9.17) is 9.68 Å². The van der Waals surface area contributed by atoms with Crippen LogP contribution in [-0.4, -0.2) is 23.9 Å². The summed E-state index contributed by atoms with van der Waals surface area (Å²) in [6, 6.07) is 11.7. The van der Waals surface area contributed by atoms with Crippen LogP contribution >= 0.6 is 22.6 Å². The first kappa shape index (κ1) is 17.5. The first-order valence-electron chi connectivity index (χ1n) is 7.26. The zero-order valence-corrected chi connectivity index (χ0v) is 15.0. The number of amides is 1. The fourth-order valence-electron chi connectivity index (χ4n) is 2.21. The van der Waals surface area contributed by atoms with Gasteiger partial charge in [-0.2, -0.15) is 5.26 Å². The monoisotopic (exact) mass is 423 g/mol. The third kappa shape index (κ3) is 5.69. The summed E-state index contributed by atoms with van der Waals surface area (Å²) in [5.74, 6) is 0.681. The molecule has 0 unspecified atom stereocenters. The summed E-state index contributed by atoms with van der Waals surface area (Å²) < 4.78 is 6.45. The maximum atomic E-state index is 12.3. The highest BCUT2D eigenvalue weighted by Crippen LogP contribution is 2.17. The number of nitrogens with one attached hydrogen (secondary N) is 1. The second-order valence-corrected chi connectivity index (χ2v) is 6.45. The Kier molecular flexibility index (Phi) is 6.62. The fraction of sp³-hybridized carbons (Fsp3) is 0.294. The molecule has 0 saturated carbocycles. The van der Waals surface area contributed by atoms with E-state index in [2.05, 4.69) is 34.0 Å². The van der Waals surface area contributed by atoms with Crippen LogP contribution in [-0.2, 0) is 11.3 Å². The Morgan fingerprint density at radius 2 is 2.26 bits per heavy atom. The topological polar surface area (TPSA) is 69.3 Å². The van der Waals surface area contributed by atoms with E-state index in [9.17, 15) is 4.79 Å². The number of nitriles is 1.